The smallest absolute Gasteiger partial charge is 0.317 e. The minimum absolute atomic E-state index is 0.0209. The van der Waals surface area contributed by atoms with E-state index in [0.717, 1.165) is 0 Å². The van der Waals surface area contributed by atoms with Crippen LogP contribution in [0.4, 0.5) is 4.79 Å². The molecule has 0 spiro atoms. The summed E-state index contributed by atoms with van der Waals surface area (Å²) in [5, 5.41) is 11.9. The molecule has 0 aromatic heterocycles. The number of hydrogen-bond acceptors (Lipinski definition) is 2. The van der Waals surface area contributed by atoms with Crippen LogP contribution in [-0.2, 0) is 4.79 Å². The fourth-order valence-corrected chi connectivity index (χ4v) is 1.50. The maximum Gasteiger partial charge on any atom is 0.317 e. The zero-order valence-corrected chi connectivity index (χ0v) is 13.2. The predicted octanol–water partition coefficient (Wildman–Crippen LogP) is 2.56. The molecule has 0 saturated heterocycles. The maximum atomic E-state index is 12.0. The van der Waals surface area contributed by atoms with E-state index in [-0.39, 0.29) is 24.0 Å². The molecule has 0 aliphatic rings. The summed E-state index contributed by atoms with van der Waals surface area (Å²) in [6.45, 7) is 11.8. The average Bonchev–Trinajstić information content (AvgIpc) is 2.32. The van der Waals surface area contributed by atoms with E-state index in [1.54, 1.807) is 18.9 Å². The number of aliphatic carboxylic acids is 1. The number of carboxylic acids is 1. The van der Waals surface area contributed by atoms with Gasteiger partial charge in [0.05, 0.1) is 5.41 Å². The van der Waals surface area contributed by atoms with Crippen LogP contribution < -0.4 is 5.32 Å². The van der Waals surface area contributed by atoms with Crippen molar-refractivity contribution < 1.29 is 14.7 Å². The van der Waals surface area contributed by atoms with Crippen LogP contribution in [0.25, 0.3) is 0 Å². The first kappa shape index (κ1) is 17.7. The number of urea groups is 1. The molecule has 19 heavy (non-hydrogen) atoms. The van der Waals surface area contributed by atoms with E-state index >= 15 is 0 Å². The third-order valence-electron chi connectivity index (χ3n) is 4.08. The highest BCUT2D eigenvalue weighted by atomic mass is 16.4. The van der Waals surface area contributed by atoms with E-state index in [1.807, 2.05) is 13.8 Å². The molecule has 0 saturated carbocycles. The van der Waals surface area contributed by atoms with E-state index in [1.165, 1.54) is 0 Å². The van der Waals surface area contributed by atoms with Gasteiger partial charge in [0.1, 0.15) is 0 Å². The van der Waals surface area contributed by atoms with Crippen molar-refractivity contribution in [1.82, 2.24) is 10.2 Å². The topological polar surface area (TPSA) is 69.6 Å². The van der Waals surface area contributed by atoms with E-state index in [4.69, 9.17) is 5.11 Å². The number of nitrogens with zero attached hydrogens (tertiary/aromatic N) is 1. The molecule has 0 bridgehead atoms. The summed E-state index contributed by atoms with van der Waals surface area (Å²) in [4.78, 5) is 24.8. The summed E-state index contributed by atoms with van der Waals surface area (Å²) in [5.41, 5.74) is -0.936. The second-order valence-corrected chi connectivity index (χ2v) is 6.53. The molecular weight excluding hydrogens is 244 g/mol. The molecule has 0 fully saturated rings. The molecule has 0 aliphatic heterocycles. The minimum Gasteiger partial charge on any atom is -0.481 e. The van der Waals surface area contributed by atoms with Gasteiger partial charge in [0.15, 0.2) is 0 Å². The SMILES string of the molecule is CCC(C)(CNC(=O)N(C)C(C)C(C)(C)C)C(=O)O. The van der Waals surface area contributed by atoms with Crippen LogP contribution in [0, 0.1) is 10.8 Å². The quantitative estimate of drug-likeness (QED) is 0.808. The first-order valence-electron chi connectivity index (χ1n) is 6.69. The number of carbonyl (C=O) groups is 2. The molecule has 2 unspecified atom stereocenters. The summed E-state index contributed by atoms with van der Waals surface area (Å²) >= 11 is 0. The Balaban J connectivity index is 4.60. The number of nitrogens with one attached hydrogen (secondary N) is 1. The van der Waals surface area contributed by atoms with Crippen LogP contribution in [0.3, 0.4) is 0 Å². The van der Waals surface area contributed by atoms with E-state index < -0.39 is 11.4 Å². The van der Waals surface area contributed by atoms with Crippen LogP contribution in [0.15, 0.2) is 0 Å². The first-order valence-corrected chi connectivity index (χ1v) is 6.69. The van der Waals surface area contributed by atoms with Gasteiger partial charge in [-0.3, -0.25) is 4.79 Å². The largest absolute Gasteiger partial charge is 0.481 e. The third-order valence-corrected chi connectivity index (χ3v) is 4.08. The second-order valence-electron chi connectivity index (χ2n) is 6.53. The molecule has 0 radical (unpaired) electrons. The Labute approximate surface area is 116 Å². The van der Waals surface area contributed by atoms with Crippen molar-refractivity contribution in [3.8, 4) is 0 Å². The number of rotatable bonds is 5. The van der Waals surface area contributed by atoms with Crippen molar-refractivity contribution in [1.29, 1.82) is 0 Å². The van der Waals surface area contributed by atoms with Gasteiger partial charge in [-0.2, -0.15) is 0 Å². The minimum atomic E-state index is -0.915. The van der Waals surface area contributed by atoms with Crippen LogP contribution in [0.1, 0.15) is 48.0 Å². The van der Waals surface area contributed by atoms with Crippen molar-refractivity contribution in [2.45, 2.75) is 54.0 Å². The van der Waals surface area contributed by atoms with Gasteiger partial charge < -0.3 is 15.3 Å². The van der Waals surface area contributed by atoms with Crippen molar-refractivity contribution in [2.75, 3.05) is 13.6 Å². The summed E-state index contributed by atoms with van der Waals surface area (Å²) in [5.74, 6) is -0.887. The van der Waals surface area contributed by atoms with Gasteiger partial charge in [0.25, 0.3) is 0 Å². The van der Waals surface area contributed by atoms with E-state index in [2.05, 4.69) is 26.1 Å². The molecule has 2 atom stereocenters. The maximum absolute atomic E-state index is 12.0. The second kappa shape index (κ2) is 6.26. The first-order chi connectivity index (χ1) is 8.45. The monoisotopic (exact) mass is 272 g/mol. The average molecular weight is 272 g/mol. The normalized spacial score (nSPS) is 16.4. The molecular formula is C14H28N2O3. The van der Waals surface area contributed by atoms with Crippen molar-refractivity contribution in [2.24, 2.45) is 10.8 Å². The van der Waals surface area contributed by atoms with Gasteiger partial charge in [-0.25, -0.2) is 4.79 Å². The van der Waals surface area contributed by atoms with Crippen molar-refractivity contribution >= 4 is 12.0 Å². The predicted molar refractivity (Wildman–Crippen MR) is 76.1 cm³/mol. The number of hydrogen-bond donors (Lipinski definition) is 2. The van der Waals surface area contributed by atoms with Crippen LogP contribution >= 0.6 is 0 Å². The van der Waals surface area contributed by atoms with Gasteiger partial charge in [-0.05, 0) is 25.7 Å². The van der Waals surface area contributed by atoms with Crippen LogP contribution in [-0.4, -0.2) is 41.6 Å². The van der Waals surface area contributed by atoms with Gasteiger partial charge in [0.2, 0.25) is 0 Å². The third kappa shape index (κ3) is 4.73. The Morgan fingerprint density at radius 2 is 1.74 bits per heavy atom. The lowest BCUT2D eigenvalue weighted by Gasteiger charge is -2.36. The van der Waals surface area contributed by atoms with E-state index in [0.29, 0.717) is 6.42 Å². The number of carbonyl (C=O) groups excluding carboxylic acids is 1. The van der Waals surface area contributed by atoms with Gasteiger partial charge in [-0.1, -0.05) is 27.7 Å². The molecule has 0 aromatic carbocycles. The molecule has 2 amide bonds. The Morgan fingerprint density at radius 1 is 1.26 bits per heavy atom. The van der Waals surface area contributed by atoms with Crippen LogP contribution in [0.5, 0.6) is 0 Å². The highest BCUT2D eigenvalue weighted by Crippen LogP contribution is 2.23. The molecule has 5 heteroatoms. The van der Waals surface area contributed by atoms with Crippen molar-refractivity contribution in [3.63, 3.8) is 0 Å². The molecule has 0 rings (SSSR count). The highest BCUT2D eigenvalue weighted by Gasteiger charge is 2.33. The zero-order valence-electron chi connectivity index (χ0n) is 13.2. The summed E-state index contributed by atoms with van der Waals surface area (Å²) in [6, 6.07) is -0.173. The highest BCUT2D eigenvalue weighted by molar-refractivity contribution is 5.77. The molecule has 5 nitrogen and oxygen atoms in total. The fraction of sp³-hybridized carbons (Fsp3) is 0.857. The van der Waals surface area contributed by atoms with E-state index in [9.17, 15) is 9.59 Å². The van der Waals surface area contributed by atoms with Gasteiger partial charge in [0, 0.05) is 19.6 Å². The van der Waals surface area contributed by atoms with Crippen molar-refractivity contribution in [3.05, 3.63) is 0 Å². The molecule has 0 aromatic rings. The van der Waals surface area contributed by atoms with Crippen LogP contribution in [0.2, 0.25) is 0 Å². The molecule has 2 N–H and O–H groups in total. The lowest BCUT2D eigenvalue weighted by atomic mass is 9.87. The molecule has 112 valence electrons. The fourth-order valence-electron chi connectivity index (χ4n) is 1.50. The Kier molecular flexibility index (Phi) is 5.84. The van der Waals surface area contributed by atoms with Gasteiger partial charge in [-0.15, -0.1) is 0 Å². The zero-order chi connectivity index (χ0) is 15.4. The molecule has 0 heterocycles. The van der Waals surface area contributed by atoms with Gasteiger partial charge >= 0.3 is 12.0 Å². The summed E-state index contributed by atoms with van der Waals surface area (Å²) in [6.07, 6.45) is 0.473. The lowest BCUT2D eigenvalue weighted by molar-refractivity contribution is -0.147. The summed E-state index contributed by atoms with van der Waals surface area (Å²) < 4.78 is 0. The molecule has 0 aliphatic carbocycles. The Morgan fingerprint density at radius 3 is 2.05 bits per heavy atom. The lowest BCUT2D eigenvalue weighted by Crippen LogP contribution is -2.50. The number of amides is 2. The standard InChI is InChI=1S/C14H28N2O3/c1-8-14(6,11(17)18)9-15-12(19)16(7)10(2)13(3,4)5/h10H,8-9H2,1-7H3,(H,15,19)(H,17,18). The summed E-state index contributed by atoms with van der Waals surface area (Å²) in [7, 11) is 1.73. The Bertz CT molecular complexity index is 336. The number of carboxylic acid groups (broad SMARTS) is 1. The Hall–Kier alpha value is -1.26.